The first-order valence-electron chi connectivity index (χ1n) is 16.6. The second-order valence-electron chi connectivity index (χ2n) is 12.1. The summed E-state index contributed by atoms with van der Waals surface area (Å²) in [6, 6.07) is 21.8. The van der Waals surface area contributed by atoms with Crippen LogP contribution in [0.1, 0.15) is 36.0 Å². The molecular formula is C39H36FN5O5. The maximum Gasteiger partial charge on any atom is 0.261 e. The maximum atomic E-state index is 15.5. The number of nitrogens with zero attached hydrogens (tertiary/aromatic N) is 4. The molecule has 0 bridgehead atoms. The van der Waals surface area contributed by atoms with E-state index < -0.39 is 17.2 Å². The second-order valence-corrected chi connectivity index (χ2v) is 12.1. The van der Waals surface area contributed by atoms with Crippen LogP contribution in [0.15, 0.2) is 102 Å². The predicted molar refractivity (Wildman–Crippen MR) is 190 cm³/mol. The van der Waals surface area contributed by atoms with E-state index in [9.17, 15) is 9.59 Å². The van der Waals surface area contributed by atoms with E-state index in [1.54, 1.807) is 54.4 Å². The van der Waals surface area contributed by atoms with E-state index in [-0.39, 0.29) is 22.4 Å². The Bertz CT molecular complexity index is 2220. The summed E-state index contributed by atoms with van der Waals surface area (Å²) < 4.78 is 34.9. The van der Waals surface area contributed by atoms with Crippen molar-refractivity contribution in [2.75, 3.05) is 38.7 Å². The van der Waals surface area contributed by atoms with Crippen LogP contribution >= 0.6 is 0 Å². The van der Waals surface area contributed by atoms with Crippen molar-refractivity contribution in [2.24, 2.45) is 0 Å². The monoisotopic (exact) mass is 673 g/mol. The summed E-state index contributed by atoms with van der Waals surface area (Å²) in [5, 5.41) is 3.55. The Kier molecular flexibility index (Phi) is 9.65. The molecule has 0 spiro atoms. The molecule has 1 saturated heterocycles. The van der Waals surface area contributed by atoms with Crippen LogP contribution in [-0.2, 0) is 0 Å². The van der Waals surface area contributed by atoms with Gasteiger partial charge in [-0.15, -0.1) is 0 Å². The summed E-state index contributed by atoms with van der Waals surface area (Å²) >= 11 is 0. The summed E-state index contributed by atoms with van der Waals surface area (Å²) in [6.45, 7) is 3.83. The number of fused-ring (bicyclic) bond motifs is 2. The second kappa shape index (κ2) is 14.8. The number of piperidine rings is 1. The van der Waals surface area contributed by atoms with Crippen molar-refractivity contribution in [3.63, 3.8) is 0 Å². The SMILES string of the molecule is COc1cc2c(Oc3ccc(NC(=O)c4cn(-c5ccccc5)c5ncccc5c4=O)cc3F)ccnc2cc1OCCCN1CCCCC1. The number of ether oxygens (including phenoxy) is 3. The number of nitrogens with one attached hydrogen (secondary N) is 1. The minimum absolute atomic E-state index is 0.0595. The van der Waals surface area contributed by atoms with E-state index in [1.165, 1.54) is 37.6 Å². The van der Waals surface area contributed by atoms with E-state index >= 15 is 4.39 Å². The van der Waals surface area contributed by atoms with Crippen LogP contribution in [0.25, 0.3) is 27.6 Å². The van der Waals surface area contributed by atoms with Gasteiger partial charge < -0.3 is 29.0 Å². The summed E-state index contributed by atoms with van der Waals surface area (Å²) in [4.78, 5) is 38.1. The first-order chi connectivity index (χ1) is 24.5. The smallest absolute Gasteiger partial charge is 0.261 e. The van der Waals surface area contributed by atoms with Gasteiger partial charge in [0.2, 0.25) is 5.43 Å². The van der Waals surface area contributed by atoms with Crippen LogP contribution < -0.4 is 25.0 Å². The standard InChI is InChI=1S/C39H36FN5O5/c1-48-35-23-29-32(24-36(35)49-21-9-20-44-18-6-3-7-19-44)41-17-15-33(29)50-34-14-13-26(22-31(34)40)43-39(47)30-25-45(27-10-4-2-5-11-27)38-28(37(30)46)12-8-16-42-38/h2,4-5,8,10-17,22-25H,3,6-7,9,18-21H2,1H3,(H,43,47). The number of carbonyl (C=O) groups is 1. The highest BCUT2D eigenvalue weighted by molar-refractivity contribution is 6.05. The van der Waals surface area contributed by atoms with Crippen molar-refractivity contribution in [1.82, 2.24) is 19.4 Å². The fourth-order valence-corrected chi connectivity index (χ4v) is 6.23. The number of aromatic nitrogens is 3. The van der Waals surface area contributed by atoms with Gasteiger partial charge in [0.15, 0.2) is 23.1 Å². The quantitative estimate of drug-likeness (QED) is 0.142. The van der Waals surface area contributed by atoms with E-state index in [0.29, 0.717) is 40.4 Å². The number of methoxy groups -OCH3 is 1. The molecule has 11 heteroatoms. The number of pyridine rings is 3. The van der Waals surface area contributed by atoms with Crippen molar-refractivity contribution in [3.05, 3.63) is 119 Å². The lowest BCUT2D eigenvalue weighted by atomic mass is 10.1. The van der Waals surface area contributed by atoms with Crippen molar-refractivity contribution in [3.8, 4) is 28.7 Å². The number of halogens is 1. The lowest BCUT2D eigenvalue weighted by Crippen LogP contribution is -2.31. The highest BCUT2D eigenvalue weighted by atomic mass is 19.1. The van der Waals surface area contributed by atoms with Crippen LogP contribution in [0.3, 0.4) is 0 Å². The topological polar surface area (TPSA) is 108 Å². The molecule has 0 saturated carbocycles. The molecule has 1 aliphatic heterocycles. The zero-order valence-electron chi connectivity index (χ0n) is 27.6. The van der Waals surface area contributed by atoms with Gasteiger partial charge in [-0.1, -0.05) is 24.6 Å². The Morgan fingerprint density at radius 2 is 1.70 bits per heavy atom. The van der Waals surface area contributed by atoms with Crippen molar-refractivity contribution >= 4 is 33.5 Å². The molecule has 7 rings (SSSR count). The van der Waals surface area contributed by atoms with Crippen molar-refractivity contribution in [1.29, 1.82) is 0 Å². The summed E-state index contributed by atoms with van der Waals surface area (Å²) in [5.74, 6) is 0.00560. The van der Waals surface area contributed by atoms with Gasteiger partial charge in [-0.25, -0.2) is 9.37 Å². The summed E-state index contributed by atoms with van der Waals surface area (Å²) in [6.07, 6.45) is 9.33. The number of carbonyl (C=O) groups excluding carboxylic acids is 1. The zero-order valence-corrected chi connectivity index (χ0v) is 27.6. The van der Waals surface area contributed by atoms with Gasteiger partial charge in [-0.05, 0) is 80.9 Å². The van der Waals surface area contributed by atoms with Crippen LogP contribution in [0, 0.1) is 5.82 Å². The molecule has 3 aromatic carbocycles. The van der Waals surface area contributed by atoms with Crippen LogP contribution in [-0.4, -0.2) is 58.7 Å². The van der Waals surface area contributed by atoms with E-state index in [4.69, 9.17) is 14.2 Å². The predicted octanol–water partition coefficient (Wildman–Crippen LogP) is 7.38. The molecule has 254 valence electrons. The Balaban J connectivity index is 1.08. The molecule has 1 fully saturated rings. The van der Waals surface area contributed by atoms with Crippen LogP contribution in [0.4, 0.5) is 10.1 Å². The number of rotatable bonds is 11. The maximum absolute atomic E-state index is 15.5. The van der Waals surface area contributed by atoms with Gasteiger partial charge in [0.1, 0.15) is 17.0 Å². The van der Waals surface area contributed by atoms with Gasteiger partial charge in [0.05, 0.1) is 24.6 Å². The molecule has 0 unspecified atom stereocenters. The average Bonchev–Trinajstić information content (AvgIpc) is 3.15. The molecular weight excluding hydrogens is 637 g/mol. The van der Waals surface area contributed by atoms with Gasteiger partial charge >= 0.3 is 0 Å². The van der Waals surface area contributed by atoms with Crippen LogP contribution in [0.5, 0.6) is 23.0 Å². The van der Waals surface area contributed by atoms with E-state index in [2.05, 4.69) is 20.2 Å². The Hall–Kier alpha value is -5.81. The van der Waals surface area contributed by atoms with Gasteiger partial charge in [0.25, 0.3) is 5.91 Å². The van der Waals surface area contributed by atoms with Crippen molar-refractivity contribution in [2.45, 2.75) is 25.7 Å². The minimum Gasteiger partial charge on any atom is -0.493 e. The number of para-hydroxylation sites is 1. The van der Waals surface area contributed by atoms with Gasteiger partial charge in [-0.3, -0.25) is 14.6 Å². The lowest BCUT2D eigenvalue weighted by Gasteiger charge is -2.26. The highest BCUT2D eigenvalue weighted by Crippen LogP contribution is 2.38. The molecule has 50 heavy (non-hydrogen) atoms. The number of hydrogen-bond acceptors (Lipinski definition) is 8. The first kappa shape index (κ1) is 32.7. The van der Waals surface area contributed by atoms with Crippen LogP contribution in [0.2, 0.25) is 0 Å². The summed E-state index contributed by atoms with van der Waals surface area (Å²) in [5.41, 5.74) is 1.31. The number of benzene rings is 3. The Morgan fingerprint density at radius 1 is 0.860 bits per heavy atom. The molecule has 0 radical (unpaired) electrons. The number of likely N-dealkylation sites (tertiary alicyclic amines) is 1. The normalized spacial score (nSPS) is 13.3. The van der Waals surface area contributed by atoms with E-state index in [1.807, 2.05) is 30.3 Å². The third kappa shape index (κ3) is 6.99. The number of hydrogen-bond donors (Lipinski definition) is 1. The molecule has 1 aliphatic rings. The zero-order chi connectivity index (χ0) is 34.5. The first-order valence-corrected chi connectivity index (χ1v) is 16.6. The molecule has 4 heterocycles. The Morgan fingerprint density at radius 3 is 2.50 bits per heavy atom. The molecule has 0 atom stereocenters. The molecule has 1 N–H and O–H groups in total. The Labute approximate surface area is 288 Å². The van der Waals surface area contributed by atoms with Gasteiger partial charge in [0, 0.05) is 54.0 Å². The number of amides is 1. The minimum atomic E-state index is -0.710. The molecule has 0 aliphatic carbocycles. The van der Waals surface area contributed by atoms with Gasteiger partial charge in [-0.2, -0.15) is 0 Å². The fraction of sp³-hybridized carbons (Fsp3) is 0.231. The third-order valence-electron chi connectivity index (χ3n) is 8.76. The molecule has 6 aromatic rings. The van der Waals surface area contributed by atoms with E-state index in [0.717, 1.165) is 37.8 Å². The highest BCUT2D eigenvalue weighted by Gasteiger charge is 2.19. The number of anilines is 1. The average molecular weight is 674 g/mol. The molecule has 1 amide bonds. The summed E-state index contributed by atoms with van der Waals surface area (Å²) in [7, 11) is 1.57. The molecule has 3 aromatic heterocycles. The largest absolute Gasteiger partial charge is 0.493 e. The third-order valence-corrected chi connectivity index (χ3v) is 8.76. The lowest BCUT2D eigenvalue weighted by molar-refractivity contribution is 0.102. The van der Waals surface area contributed by atoms with Crippen molar-refractivity contribution < 1.29 is 23.4 Å². The fourth-order valence-electron chi connectivity index (χ4n) is 6.23. The molecule has 10 nitrogen and oxygen atoms in total.